The van der Waals surface area contributed by atoms with Crippen LogP contribution in [0.15, 0.2) is 67.0 Å². The first kappa shape index (κ1) is 16.8. The summed E-state index contributed by atoms with van der Waals surface area (Å²) in [7, 11) is 0. The van der Waals surface area contributed by atoms with Crippen molar-refractivity contribution >= 4 is 5.97 Å². The van der Waals surface area contributed by atoms with E-state index in [9.17, 15) is 4.79 Å². The van der Waals surface area contributed by atoms with Crippen LogP contribution in [0, 0.1) is 0 Å². The molecule has 2 aromatic carbocycles. The molecule has 0 unspecified atom stereocenters. The van der Waals surface area contributed by atoms with Gasteiger partial charge in [0.1, 0.15) is 18.2 Å². The Hall–Kier alpha value is -3.08. The highest BCUT2D eigenvalue weighted by Crippen LogP contribution is 2.14. The summed E-state index contributed by atoms with van der Waals surface area (Å²) in [6.45, 7) is 3.33. The molecule has 5 nitrogen and oxygen atoms in total. The number of imidazole rings is 1. The fourth-order valence-corrected chi connectivity index (χ4v) is 2.47. The molecule has 0 aliphatic rings. The first-order chi connectivity index (χ1) is 12.3. The van der Waals surface area contributed by atoms with Crippen molar-refractivity contribution in [3.05, 3.63) is 83.9 Å². The Morgan fingerprint density at radius 1 is 1.08 bits per heavy atom. The predicted octanol–water partition coefficient (Wildman–Crippen LogP) is 3.69. The van der Waals surface area contributed by atoms with Crippen molar-refractivity contribution in [3.63, 3.8) is 0 Å². The van der Waals surface area contributed by atoms with E-state index in [0.29, 0.717) is 24.5 Å². The second-order valence-corrected chi connectivity index (χ2v) is 5.49. The molecule has 128 valence electrons. The van der Waals surface area contributed by atoms with Crippen LogP contribution in [0.2, 0.25) is 0 Å². The van der Waals surface area contributed by atoms with Crippen LogP contribution in [0.1, 0.15) is 28.7 Å². The van der Waals surface area contributed by atoms with Gasteiger partial charge in [0, 0.05) is 18.9 Å². The van der Waals surface area contributed by atoms with Gasteiger partial charge in [0.05, 0.1) is 12.2 Å². The summed E-state index contributed by atoms with van der Waals surface area (Å²) in [5, 5.41) is 0. The molecule has 0 spiro atoms. The highest BCUT2D eigenvalue weighted by atomic mass is 16.5. The van der Waals surface area contributed by atoms with E-state index in [0.717, 1.165) is 5.75 Å². The van der Waals surface area contributed by atoms with E-state index >= 15 is 0 Å². The van der Waals surface area contributed by atoms with Crippen LogP contribution in [0.3, 0.4) is 0 Å². The number of hydrogen-bond acceptors (Lipinski definition) is 4. The van der Waals surface area contributed by atoms with Crippen molar-refractivity contribution < 1.29 is 14.3 Å². The fraction of sp³-hybridized carbons (Fsp3) is 0.200. The van der Waals surface area contributed by atoms with Crippen LogP contribution in [0.4, 0.5) is 0 Å². The van der Waals surface area contributed by atoms with Gasteiger partial charge in [-0.2, -0.15) is 0 Å². The first-order valence-electron chi connectivity index (χ1n) is 8.20. The van der Waals surface area contributed by atoms with Gasteiger partial charge in [-0.25, -0.2) is 9.78 Å². The van der Waals surface area contributed by atoms with Gasteiger partial charge in [0.2, 0.25) is 0 Å². The normalized spacial score (nSPS) is 10.4. The third-order valence-corrected chi connectivity index (χ3v) is 3.73. The maximum absolute atomic E-state index is 12.2. The minimum absolute atomic E-state index is 0.131. The maximum Gasteiger partial charge on any atom is 0.338 e. The average Bonchev–Trinajstić information content (AvgIpc) is 3.08. The highest BCUT2D eigenvalue weighted by molar-refractivity contribution is 5.89. The Morgan fingerprint density at radius 3 is 2.56 bits per heavy atom. The zero-order valence-corrected chi connectivity index (χ0v) is 14.1. The predicted molar refractivity (Wildman–Crippen MR) is 94.5 cm³/mol. The van der Waals surface area contributed by atoms with Crippen molar-refractivity contribution in [2.75, 3.05) is 6.61 Å². The molecule has 0 aliphatic heterocycles. The number of esters is 1. The molecule has 0 saturated heterocycles. The zero-order valence-electron chi connectivity index (χ0n) is 14.1. The summed E-state index contributed by atoms with van der Waals surface area (Å²) in [6, 6.07) is 17.0. The van der Waals surface area contributed by atoms with Crippen LogP contribution in [-0.4, -0.2) is 22.1 Å². The molecule has 0 amide bonds. The molecule has 1 heterocycles. The Kier molecular flexibility index (Phi) is 5.46. The lowest BCUT2D eigenvalue weighted by atomic mass is 10.2. The number of rotatable bonds is 7. The fourth-order valence-electron chi connectivity index (χ4n) is 2.47. The summed E-state index contributed by atoms with van der Waals surface area (Å²) in [5.41, 5.74) is 1.66. The van der Waals surface area contributed by atoms with Gasteiger partial charge in [-0.3, -0.25) is 0 Å². The van der Waals surface area contributed by atoms with Gasteiger partial charge in [0.25, 0.3) is 0 Å². The van der Waals surface area contributed by atoms with Gasteiger partial charge in [-0.1, -0.05) is 30.3 Å². The lowest BCUT2D eigenvalue weighted by Crippen LogP contribution is -2.10. The number of carbonyl (C=O) groups is 1. The third-order valence-electron chi connectivity index (χ3n) is 3.73. The Morgan fingerprint density at radius 2 is 1.84 bits per heavy atom. The summed E-state index contributed by atoms with van der Waals surface area (Å²) in [5.74, 6) is 1.07. The number of aromatic nitrogens is 2. The molecule has 0 fully saturated rings. The number of benzene rings is 2. The molecule has 0 bridgehead atoms. The standard InChI is InChI=1S/C20H20N2O3/c1-2-24-18-10-8-17(9-11-18)20(23)25-15-19-21-12-13-22(19)14-16-6-4-3-5-7-16/h3-13H,2,14-15H2,1H3. The molecule has 0 N–H and O–H groups in total. The van der Waals surface area contributed by atoms with E-state index < -0.39 is 0 Å². The number of carbonyl (C=O) groups excluding carboxylic acids is 1. The van der Waals surface area contributed by atoms with Crippen molar-refractivity contribution in [1.29, 1.82) is 0 Å². The van der Waals surface area contributed by atoms with E-state index in [1.165, 1.54) is 5.56 Å². The van der Waals surface area contributed by atoms with Crippen LogP contribution < -0.4 is 4.74 Å². The number of ether oxygens (including phenoxy) is 2. The molecular formula is C20H20N2O3. The van der Waals surface area contributed by atoms with E-state index in [2.05, 4.69) is 17.1 Å². The Labute approximate surface area is 146 Å². The van der Waals surface area contributed by atoms with Crippen LogP contribution in [0.5, 0.6) is 5.75 Å². The Balaban J connectivity index is 1.60. The van der Waals surface area contributed by atoms with Crippen LogP contribution >= 0.6 is 0 Å². The summed E-state index contributed by atoms with van der Waals surface area (Å²) in [6.07, 6.45) is 3.59. The molecule has 25 heavy (non-hydrogen) atoms. The second kappa shape index (κ2) is 8.15. The average molecular weight is 336 g/mol. The quantitative estimate of drug-likeness (QED) is 0.618. The van der Waals surface area contributed by atoms with Crippen molar-refractivity contribution in [2.45, 2.75) is 20.1 Å². The van der Waals surface area contributed by atoms with E-state index in [1.807, 2.05) is 35.9 Å². The van der Waals surface area contributed by atoms with Gasteiger partial charge < -0.3 is 14.0 Å². The molecule has 0 saturated carbocycles. The maximum atomic E-state index is 12.2. The monoisotopic (exact) mass is 336 g/mol. The molecule has 3 aromatic rings. The SMILES string of the molecule is CCOc1ccc(C(=O)OCc2nccn2Cc2ccccc2)cc1. The first-order valence-corrected chi connectivity index (χ1v) is 8.20. The molecular weight excluding hydrogens is 316 g/mol. The van der Waals surface area contributed by atoms with Crippen LogP contribution in [-0.2, 0) is 17.9 Å². The van der Waals surface area contributed by atoms with Gasteiger partial charge in [-0.15, -0.1) is 0 Å². The molecule has 5 heteroatoms. The van der Waals surface area contributed by atoms with E-state index in [-0.39, 0.29) is 12.6 Å². The van der Waals surface area contributed by atoms with Crippen molar-refractivity contribution in [2.24, 2.45) is 0 Å². The number of nitrogens with zero attached hydrogens (tertiary/aromatic N) is 2. The topological polar surface area (TPSA) is 53.4 Å². The minimum Gasteiger partial charge on any atom is -0.494 e. The molecule has 3 rings (SSSR count). The summed E-state index contributed by atoms with van der Waals surface area (Å²) < 4.78 is 12.7. The number of hydrogen-bond donors (Lipinski definition) is 0. The van der Waals surface area contributed by atoms with E-state index in [1.54, 1.807) is 30.5 Å². The highest BCUT2D eigenvalue weighted by Gasteiger charge is 2.10. The second-order valence-electron chi connectivity index (χ2n) is 5.49. The Bertz CT molecular complexity index is 810. The smallest absolute Gasteiger partial charge is 0.338 e. The third kappa shape index (κ3) is 4.47. The molecule has 0 aliphatic carbocycles. The van der Waals surface area contributed by atoms with Crippen molar-refractivity contribution in [3.8, 4) is 5.75 Å². The molecule has 1 aromatic heterocycles. The van der Waals surface area contributed by atoms with Crippen LogP contribution in [0.25, 0.3) is 0 Å². The zero-order chi connectivity index (χ0) is 17.5. The van der Waals surface area contributed by atoms with Gasteiger partial charge >= 0.3 is 5.97 Å². The molecule has 0 atom stereocenters. The lowest BCUT2D eigenvalue weighted by Gasteiger charge is -2.09. The largest absolute Gasteiger partial charge is 0.494 e. The molecule has 0 radical (unpaired) electrons. The van der Waals surface area contributed by atoms with E-state index in [4.69, 9.17) is 9.47 Å². The summed E-state index contributed by atoms with van der Waals surface area (Å²) >= 11 is 0. The minimum atomic E-state index is -0.377. The van der Waals surface area contributed by atoms with Gasteiger partial charge in [0.15, 0.2) is 0 Å². The summed E-state index contributed by atoms with van der Waals surface area (Å²) in [4.78, 5) is 16.5. The van der Waals surface area contributed by atoms with Gasteiger partial charge in [-0.05, 0) is 36.8 Å². The lowest BCUT2D eigenvalue weighted by molar-refractivity contribution is 0.0458. The van der Waals surface area contributed by atoms with Crippen molar-refractivity contribution in [1.82, 2.24) is 9.55 Å².